The van der Waals surface area contributed by atoms with Crippen LogP contribution in [0.5, 0.6) is 0 Å². The highest BCUT2D eigenvalue weighted by molar-refractivity contribution is 5.36. The largest absolute Gasteiger partial charge is 0.366 e. The number of hydrogen-bond donors (Lipinski definition) is 1. The molecule has 0 fully saturated rings. The lowest BCUT2D eigenvalue weighted by molar-refractivity contribution is 0.209. The van der Waals surface area contributed by atoms with Crippen molar-refractivity contribution in [3.05, 3.63) is 23.6 Å². The third-order valence-corrected chi connectivity index (χ3v) is 2.79. The lowest BCUT2D eigenvalue weighted by Crippen LogP contribution is -2.44. The molecule has 0 unspecified atom stereocenters. The number of rotatable bonds is 4. The molecule has 0 aliphatic heterocycles. The minimum atomic E-state index is -1.31. The Kier molecular flexibility index (Phi) is 3.98. The van der Waals surface area contributed by atoms with Crippen LogP contribution in [0.3, 0.4) is 0 Å². The van der Waals surface area contributed by atoms with Crippen LogP contribution >= 0.6 is 0 Å². The van der Waals surface area contributed by atoms with Crippen molar-refractivity contribution in [1.29, 1.82) is 0 Å². The van der Waals surface area contributed by atoms with Crippen LogP contribution in [0.25, 0.3) is 0 Å². The molecule has 6 heteroatoms. The van der Waals surface area contributed by atoms with Gasteiger partial charge in [0.2, 0.25) is 0 Å². The monoisotopic (exact) mass is 247 g/mol. The van der Waals surface area contributed by atoms with Gasteiger partial charge in [0.05, 0.1) is 0 Å². The number of hydrogen-bond acceptors (Lipinski definition) is 3. The van der Waals surface area contributed by atoms with Crippen molar-refractivity contribution in [3.63, 3.8) is 0 Å². The second-order valence-electron chi connectivity index (χ2n) is 4.65. The topological polar surface area (TPSA) is 28.2 Å². The highest BCUT2D eigenvalue weighted by atomic mass is 19.2. The molecule has 0 saturated heterocycles. The molecule has 0 aromatic carbocycles. The summed E-state index contributed by atoms with van der Waals surface area (Å²) in [7, 11) is 3.74. The molecule has 3 nitrogen and oxygen atoms in total. The third kappa shape index (κ3) is 3.33. The zero-order chi connectivity index (χ0) is 13.2. The first kappa shape index (κ1) is 13.8. The highest BCUT2D eigenvalue weighted by Gasteiger charge is 2.21. The van der Waals surface area contributed by atoms with Crippen molar-refractivity contribution in [2.24, 2.45) is 0 Å². The number of anilines is 1. The maximum absolute atomic E-state index is 13.3. The van der Waals surface area contributed by atoms with Crippen molar-refractivity contribution < 1.29 is 13.2 Å². The Morgan fingerprint density at radius 1 is 1.24 bits per heavy atom. The number of pyridine rings is 1. The molecule has 1 heterocycles. The Labute approximate surface area is 98.6 Å². The molecule has 17 heavy (non-hydrogen) atoms. The van der Waals surface area contributed by atoms with E-state index in [4.69, 9.17) is 0 Å². The van der Waals surface area contributed by atoms with Gasteiger partial charge in [0.1, 0.15) is 0 Å². The van der Waals surface area contributed by atoms with Crippen LogP contribution in [-0.2, 0) is 0 Å². The van der Waals surface area contributed by atoms with E-state index in [0.29, 0.717) is 12.6 Å². The number of likely N-dealkylation sites (N-methyl/N-ethyl adjacent to an activating group) is 1. The van der Waals surface area contributed by atoms with Gasteiger partial charge in [-0.2, -0.15) is 9.37 Å². The van der Waals surface area contributed by atoms with E-state index in [1.807, 2.05) is 32.8 Å². The summed E-state index contributed by atoms with van der Waals surface area (Å²) >= 11 is 0. The van der Waals surface area contributed by atoms with Crippen LogP contribution < -0.4 is 5.32 Å². The minimum Gasteiger partial charge on any atom is -0.366 e. The second kappa shape index (κ2) is 4.91. The van der Waals surface area contributed by atoms with Gasteiger partial charge in [-0.1, -0.05) is 0 Å². The summed E-state index contributed by atoms with van der Waals surface area (Å²) in [6.45, 7) is 4.21. The first-order valence-electron chi connectivity index (χ1n) is 5.17. The Hall–Kier alpha value is -1.30. The molecule has 1 aromatic heterocycles. The molecule has 0 radical (unpaired) electrons. The molecule has 0 atom stereocenters. The summed E-state index contributed by atoms with van der Waals surface area (Å²) in [5.41, 5.74) is -0.265. The molecule has 0 saturated carbocycles. The average Bonchev–Trinajstić information content (AvgIpc) is 2.21. The molecule has 1 rings (SSSR count). The van der Waals surface area contributed by atoms with Gasteiger partial charge in [-0.15, -0.1) is 0 Å². The van der Waals surface area contributed by atoms with E-state index in [0.717, 1.165) is 0 Å². The molecule has 0 amide bonds. The number of aromatic nitrogens is 1. The number of nitrogens with zero attached hydrogens (tertiary/aromatic N) is 2. The zero-order valence-corrected chi connectivity index (χ0v) is 10.3. The van der Waals surface area contributed by atoms with Crippen LogP contribution in [0.1, 0.15) is 13.8 Å². The third-order valence-electron chi connectivity index (χ3n) is 2.79. The Morgan fingerprint density at radius 3 is 2.35 bits per heavy atom. The van der Waals surface area contributed by atoms with Crippen LogP contribution in [0.15, 0.2) is 6.07 Å². The number of nitrogens with one attached hydrogen (secondary N) is 1. The van der Waals surface area contributed by atoms with E-state index in [9.17, 15) is 13.2 Å². The highest BCUT2D eigenvalue weighted by Crippen LogP contribution is 2.16. The number of halogens is 3. The molecule has 1 aromatic rings. The molecule has 0 aliphatic rings. The fraction of sp³-hybridized carbons (Fsp3) is 0.545. The van der Waals surface area contributed by atoms with E-state index >= 15 is 0 Å². The lowest BCUT2D eigenvalue weighted by atomic mass is 10.0. The fourth-order valence-electron chi connectivity index (χ4n) is 1.03. The molecule has 96 valence electrons. The van der Waals surface area contributed by atoms with E-state index in [1.54, 1.807) is 0 Å². The normalized spacial score (nSPS) is 12.0. The lowest BCUT2D eigenvalue weighted by Gasteiger charge is -2.32. The van der Waals surface area contributed by atoms with Gasteiger partial charge < -0.3 is 10.2 Å². The summed E-state index contributed by atoms with van der Waals surface area (Å²) in [6, 6.07) is 0.479. The minimum absolute atomic E-state index is 0.265. The SMILES string of the molecule is CN(C)C(C)(C)CNc1nc(F)c(F)cc1F. The van der Waals surface area contributed by atoms with E-state index in [1.165, 1.54) is 0 Å². The van der Waals surface area contributed by atoms with Crippen LogP contribution in [0, 0.1) is 17.6 Å². The van der Waals surface area contributed by atoms with Gasteiger partial charge in [0.25, 0.3) is 5.95 Å². The van der Waals surface area contributed by atoms with Crippen molar-refractivity contribution in [2.75, 3.05) is 26.0 Å². The summed E-state index contributed by atoms with van der Waals surface area (Å²) in [5, 5.41) is 2.67. The molecular formula is C11H16F3N3. The van der Waals surface area contributed by atoms with Gasteiger partial charge in [-0.25, -0.2) is 8.78 Å². The maximum Gasteiger partial charge on any atom is 0.251 e. The van der Waals surface area contributed by atoms with E-state index < -0.39 is 17.6 Å². The van der Waals surface area contributed by atoms with Crippen molar-refractivity contribution in [3.8, 4) is 0 Å². The van der Waals surface area contributed by atoms with Crippen LogP contribution in [0.4, 0.5) is 19.0 Å². The summed E-state index contributed by atoms with van der Waals surface area (Å²) < 4.78 is 38.7. The molecule has 1 N–H and O–H groups in total. The van der Waals surface area contributed by atoms with Crippen LogP contribution in [-0.4, -0.2) is 36.1 Å². The summed E-state index contributed by atoms with van der Waals surface area (Å²) in [5.74, 6) is -3.78. The van der Waals surface area contributed by atoms with E-state index in [2.05, 4.69) is 10.3 Å². The Morgan fingerprint density at radius 2 is 1.82 bits per heavy atom. The summed E-state index contributed by atoms with van der Waals surface area (Å²) in [6.07, 6.45) is 0. The standard InChI is InChI=1S/C11H16F3N3/c1-11(2,17(3)4)6-15-10-8(13)5-7(12)9(14)16-10/h5H,6H2,1-4H3,(H,15,16). The maximum atomic E-state index is 13.3. The van der Waals surface area contributed by atoms with Gasteiger partial charge in [0.15, 0.2) is 17.5 Å². The molecule has 0 spiro atoms. The van der Waals surface area contributed by atoms with Crippen molar-refractivity contribution in [1.82, 2.24) is 9.88 Å². The first-order chi connectivity index (χ1) is 7.74. The van der Waals surface area contributed by atoms with Gasteiger partial charge in [-0.3, -0.25) is 0 Å². The smallest absolute Gasteiger partial charge is 0.251 e. The zero-order valence-electron chi connectivity index (χ0n) is 10.3. The van der Waals surface area contributed by atoms with Gasteiger partial charge in [0, 0.05) is 18.2 Å². The van der Waals surface area contributed by atoms with Crippen molar-refractivity contribution >= 4 is 5.82 Å². The Bertz CT molecular complexity index is 405. The molecular weight excluding hydrogens is 231 g/mol. The molecule has 0 bridgehead atoms. The van der Waals surface area contributed by atoms with Gasteiger partial charge >= 0.3 is 0 Å². The van der Waals surface area contributed by atoms with E-state index in [-0.39, 0.29) is 11.4 Å². The van der Waals surface area contributed by atoms with Crippen molar-refractivity contribution in [2.45, 2.75) is 19.4 Å². The summed E-state index contributed by atoms with van der Waals surface area (Å²) in [4.78, 5) is 5.12. The molecule has 0 aliphatic carbocycles. The first-order valence-corrected chi connectivity index (χ1v) is 5.17. The van der Waals surface area contributed by atoms with Crippen LogP contribution in [0.2, 0.25) is 0 Å². The second-order valence-corrected chi connectivity index (χ2v) is 4.65. The fourth-order valence-corrected chi connectivity index (χ4v) is 1.03. The quantitative estimate of drug-likeness (QED) is 0.827. The average molecular weight is 247 g/mol. The predicted molar refractivity (Wildman–Crippen MR) is 60.4 cm³/mol. The predicted octanol–water partition coefficient (Wildman–Crippen LogP) is 2.25. The Balaban J connectivity index is 2.80. The van der Waals surface area contributed by atoms with Gasteiger partial charge in [-0.05, 0) is 27.9 Å².